The van der Waals surface area contributed by atoms with Crippen LogP contribution in [-0.4, -0.2) is 58.0 Å². The van der Waals surface area contributed by atoms with E-state index < -0.39 is 5.54 Å². The first-order valence-corrected chi connectivity index (χ1v) is 11.7. The lowest BCUT2D eigenvalue weighted by Crippen LogP contribution is -2.42. The number of anilines is 1. The molecule has 0 atom stereocenters. The number of aliphatic hydroxyl groups is 2. The van der Waals surface area contributed by atoms with Gasteiger partial charge in [-0.1, -0.05) is 41.7 Å². The minimum absolute atomic E-state index is 0.0303. The maximum absolute atomic E-state index is 9.72. The molecule has 2 heterocycles. The number of hydrogen-bond donors (Lipinski definition) is 4. The summed E-state index contributed by atoms with van der Waals surface area (Å²) in [6.07, 6.45) is 2.11. The number of nitrogens with one attached hydrogen (secondary N) is 2. The van der Waals surface area contributed by atoms with Crippen LogP contribution in [0, 0.1) is 0 Å². The number of benzene rings is 1. The van der Waals surface area contributed by atoms with Crippen molar-refractivity contribution in [3.8, 4) is 0 Å². The molecule has 0 saturated carbocycles. The molecule has 1 aromatic carbocycles. The lowest BCUT2D eigenvalue weighted by molar-refractivity contribution is 0.0992. The number of aliphatic hydroxyl groups excluding tert-OH is 2. The van der Waals surface area contributed by atoms with Crippen molar-refractivity contribution in [1.82, 2.24) is 14.6 Å². The van der Waals surface area contributed by atoms with Gasteiger partial charge in [0.15, 0.2) is 5.13 Å². The summed E-state index contributed by atoms with van der Waals surface area (Å²) in [5.74, 6) is 0.876. The molecule has 7 nitrogen and oxygen atoms in total. The maximum atomic E-state index is 9.72. The quantitative estimate of drug-likeness (QED) is 0.290. The summed E-state index contributed by atoms with van der Waals surface area (Å²) in [4.78, 5) is 5.87. The Kier molecular flexibility index (Phi) is 8.41. The topological polar surface area (TPSA) is 89.9 Å². The van der Waals surface area contributed by atoms with Crippen LogP contribution in [0.15, 0.2) is 36.5 Å². The number of ether oxygens (including phenoxy) is 1. The summed E-state index contributed by atoms with van der Waals surface area (Å²) in [6, 6.07) is 10.4. The van der Waals surface area contributed by atoms with Gasteiger partial charge in [0.25, 0.3) is 0 Å². The first-order valence-electron chi connectivity index (χ1n) is 9.97. The fraction of sp³-hybridized carbons (Fsp3) is 0.476. The SMILES string of the molecule is CC(C)(CO)NC1=CN(SCc2ccccc2)Cc2nc(NCCOCCO)sc21. The Labute approximate surface area is 186 Å². The van der Waals surface area contributed by atoms with Crippen LogP contribution in [0.4, 0.5) is 5.13 Å². The second-order valence-corrected chi connectivity index (χ2v) is 9.62. The Balaban J connectivity index is 1.70. The number of thiazole rings is 1. The van der Waals surface area contributed by atoms with E-state index in [1.807, 2.05) is 19.9 Å². The van der Waals surface area contributed by atoms with Crippen LogP contribution in [0.5, 0.6) is 0 Å². The normalized spacial score (nSPS) is 13.7. The van der Waals surface area contributed by atoms with Crippen molar-refractivity contribution in [3.63, 3.8) is 0 Å². The largest absolute Gasteiger partial charge is 0.394 e. The minimum atomic E-state index is -0.439. The van der Waals surface area contributed by atoms with Gasteiger partial charge in [0, 0.05) is 18.5 Å². The number of rotatable bonds is 12. The first kappa shape index (κ1) is 22.9. The molecule has 1 aliphatic heterocycles. The average molecular weight is 451 g/mol. The van der Waals surface area contributed by atoms with Crippen LogP contribution < -0.4 is 10.6 Å². The lowest BCUT2D eigenvalue weighted by Gasteiger charge is -2.31. The van der Waals surface area contributed by atoms with Crippen LogP contribution in [-0.2, 0) is 17.0 Å². The van der Waals surface area contributed by atoms with Crippen molar-refractivity contribution in [1.29, 1.82) is 0 Å². The van der Waals surface area contributed by atoms with E-state index in [-0.39, 0.29) is 13.2 Å². The Morgan fingerprint density at radius 3 is 2.77 bits per heavy atom. The van der Waals surface area contributed by atoms with E-state index in [1.165, 1.54) is 5.56 Å². The third kappa shape index (κ3) is 6.61. The van der Waals surface area contributed by atoms with Gasteiger partial charge < -0.3 is 29.9 Å². The van der Waals surface area contributed by atoms with E-state index in [9.17, 15) is 5.11 Å². The molecule has 0 amide bonds. The fourth-order valence-corrected chi connectivity index (χ4v) is 4.71. The molecule has 0 bridgehead atoms. The molecule has 9 heteroatoms. The summed E-state index contributed by atoms with van der Waals surface area (Å²) in [6.45, 7) is 6.22. The second-order valence-electron chi connectivity index (χ2n) is 7.60. The molecule has 1 aromatic heterocycles. The van der Waals surface area contributed by atoms with Crippen molar-refractivity contribution in [2.75, 3.05) is 38.3 Å². The van der Waals surface area contributed by atoms with Gasteiger partial charge in [0.1, 0.15) is 0 Å². The monoisotopic (exact) mass is 450 g/mol. The van der Waals surface area contributed by atoms with Gasteiger partial charge in [-0.15, -0.1) is 0 Å². The summed E-state index contributed by atoms with van der Waals surface area (Å²) in [5.41, 5.74) is 2.82. The highest BCUT2D eigenvalue weighted by Crippen LogP contribution is 2.36. The molecule has 30 heavy (non-hydrogen) atoms. The van der Waals surface area contributed by atoms with Gasteiger partial charge in [0.05, 0.1) is 54.8 Å². The van der Waals surface area contributed by atoms with E-state index in [1.54, 1.807) is 23.3 Å². The van der Waals surface area contributed by atoms with Crippen LogP contribution in [0.2, 0.25) is 0 Å². The molecule has 0 saturated heterocycles. The van der Waals surface area contributed by atoms with Crippen LogP contribution in [0.1, 0.15) is 30.0 Å². The van der Waals surface area contributed by atoms with Crippen molar-refractivity contribution >= 4 is 34.1 Å². The molecule has 4 N–H and O–H groups in total. The molecule has 0 unspecified atom stereocenters. The predicted molar refractivity (Wildman–Crippen MR) is 124 cm³/mol. The molecule has 2 aromatic rings. The van der Waals surface area contributed by atoms with Crippen molar-refractivity contribution in [3.05, 3.63) is 52.7 Å². The van der Waals surface area contributed by atoms with Gasteiger partial charge in [-0.2, -0.15) is 0 Å². The standard InChI is InChI=1S/C21H30N4O3S2/c1-21(2,15-27)24-18-13-25(29-14-16-6-4-3-5-7-16)12-17-19(18)30-20(23-17)22-8-10-28-11-9-26/h3-7,13,24,26-27H,8-12,14-15H2,1-2H3,(H,22,23). The fourth-order valence-electron chi connectivity index (χ4n) is 2.85. The zero-order valence-electron chi connectivity index (χ0n) is 17.4. The highest BCUT2D eigenvalue weighted by atomic mass is 32.2. The van der Waals surface area contributed by atoms with E-state index in [2.05, 4.69) is 45.4 Å². The first-order chi connectivity index (χ1) is 14.5. The van der Waals surface area contributed by atoms with Crippen molar-refractivity contribution < 1.29 is 14.9 Å². The number of nitrogens with zero attached hydrogens (tertiary/aromatic N) is 2. The molecule has 0 aliphatic carbocycles. The Morgan fingerprint density at radius 1 is 1.23 bits per heavy atom. The molecule has 0 radical (unpaired) electrons. The lowest BCUT2D eigenvalue weighted by atomic mass is 10.1. The summed E-state index contributed by atoms with van der Waals surface area (Å²) in [7, 11) is 0. The third-order valence-electron chi connectivity index (χ3n) is 4.39. The van der Waals surface area contributed by atoms with E-state index in [4.69, 9.17) is 14.8 Å². The van der Waals surface area contributed by atoms with Gasteiger partial charge in [-0.3, -0.25) is 0 Å². The highest BCUT2D eigenvalue weighted by Gasteiger charge is 2.27. The molecular weight excluding hydrogens is 420 g/mol. The summed E-state index contributed by atoms with van der Waals surface area (Å²) < 4.78 is 7.49. The van der Waals surface area contributed by atoms with Crippen LogP contribution in [0.25, 0.3) is 5.70 Å². The maximum Gasteiger partial charge on any atom is 0.183 e. The number of fused-ring (bicyclic) bond motifs is 1. The summed E-state index contributed by atoms with van der Waals surface area (Å²) in [5, 5.41) is 26.1. The smallest absolute Gasteiger partial charge is 0.183 e. The molecule has 1 aliphatic rings. The zero-order valence-corrected chi connectivity index (χ0v) is 19.1. The van der Waals surface area contributed by atoms with Crippen molar-refractivity contribution in [2.45, 2.75) is 31.7 Å². The van der Waals surface area contributed by atoms with Gasteiger partial charge in [0.2, 0.25) is 0 Å². The summed E-state index contributed by atoms with van der Waals surface area (Å²) >= 11 is 3.34. The third-order valence-corrected chi connectivity index (χ3v) is 6.50. The van der Waals surface area contributed by atoms with Crippen molar-refractivity contribution in [2.24, 2.45) is 0 Å². The number of hydrogen-bond acceptors (Lipinski definition) is 9. The van der Waals surface area contributed by atoms with E-state index >= 15 is 0 Å². The second kappa shape index (κ2) is 11.0. The number of aromatic nitrogens is 1. The highest BCUT2D eigenvalue weighted by molar-refractivity contribution is 7.96. The van der Waals surface area contributed by atoms with Crippen LogP contribution >= 0.6 is 23.3 Å². The van der Waals surface area contributed by atoms with Gasteiger partial charge in [-0.25, -0.2) is 4.98 Å². The Bertz CT molecular complexity index is 827. The predicted octanol–water partition coefficient (Wildman–Crippen LogP) is 2.89. The minimum Gasteiger partial charge on any atom is -0.394 e. The molecule has 0 spiro atoms. The molecule has 0 fully saturated rings. The van der Waals surface area contributed by atoms with Gasteiger partial charge >= 0.3 is 0 Å². The van der Waals surface area contributed by atoms with E-state index in [0.717, 1.165) is 33.7 Å². The molecular formula is C21H30N4O3S2. The Morgan fingerprint density at radius 2 is 2.03 bits per heavy atom. The molecule has 3 rings (SSSR count). The van der Waals surface area contributed by atoms with Gasteiger partial charge in [-0.05, 0) is 31.4 Å². The molecule has 164 valence electrons. The van der Waals surface area contributed by atoms with Crippen LogP contribution in [0.3, 0.4) is 0 Å². The zero-order chi connectivity index (χ0) is 21.4. The van der Waals surface area contributed by atoms with E-state index in [0.29, 0.717) is 19.8 Å². The average Bonchev–Trinajstić information content (AvgIpc) is 3.16. The Hall–Kier alpha value is -1.78.